The molecule has 0 aromatic heterocycles. The molecule has 0 N–H and O–H groups in total. The van der Waals surface area contributed by atoms with E-state index in [0.29, 0.717) is 19.3 Å². The third kappa shape index (κ3) is 68.9. The number of carbonyl (C=O) groups excluding carboxylic acids is 3. The SMILES string of the molecule is CCCCCCC/C=C\CCCCCCCC(=O)OCC(COC(=O)CCCCCCCCCCCCCCCCCCCCCCCCCCCCCCCCCCC)OC(=O)CCCCCCCCCCCCCCCCCCC. The summed E-state index contributed by atoms with van der Waals surface area (Å²) in [5, 5.41) is 0. The molecule has 82 heavy (non-hydrogen) atoms. The molecule has 486 valence electrons. The van der Waals surface area contributed by atoms with Gasteiger partial charge in [0.15, 0.2) is 6.10 Å². The molecule has 0 aliphatic carbocycles. The monoisotopic (exact) mass is 1160 g/mol. The zero-order chi connectivity index (χ0) is 59.2. The Hall–Kier alpha value is -1.85. The molecule has 0 heterocycles. The van der Waals surface area contributed by atoms with Crippen molar-refractivity contribution in [3.05, 3.63) is 12.2 Å². The Morgan fingerprint density at radius 1 is 0.232 bits per heavy atom. The number of carbonyl (C=O) groups is 3. The molecule has 0 saturated heterocycles. The molecule has 0 saturated carbocycles. The first-order valence-electron chi connectivity index (χ1n) is 37.7. The Balaban J connectivity index is 4.08. The summed E-state index contributed by atoms with van der Waals surface area (Å²) in [6.45, 7) is 6.72. The fraction of sp³-hybridized carbons (Fsp3) is 0.934. The van der Waals surface area contributed by atoms with E-state index in [0.717, 1.165) is 64.2 Å². The standard InChI is InChI=1S/C76H146O6/c1-4-7-10-13-16-19-22-25-28-30-31-32-33-34-35-36-37-38-39-40-41-42-43-44-45-47-48-51-54-57-60-63-66-69-75(78)81-72-73(71-80-74(77)68-65-62-59-56-53-50-27-24-21-18-15-12-9-6-3)82-76(79)70-67-64-61-58-55-52-49-46-29-26-23-20-17-14-11-8-5-2/h24,27,73H,4-23,25-26,28-72H2,1-3H3/b27-24-. The van der Waals surface area contributed by atoms with E-state index in [1.165, 1.54) is 334 Å². The maximum atomic E-state index is 12.9. The number of esters is 3. The van der Waals surface area contributed by atoms with Crippen molar-refractivity contribution in [2.75, 3.05) is 13.2 Å². The lowest BCUT2D eigenvalue weighted by molar-refractivity contribution is -0.167. The molecular formula is C76H146O6. The number of rotatable bonds is 71. The topological polar surface area (TPSA) is 78.9 Å². The molecular weight excluding hydrogens is 1010 g/mol. The van der Waals surface area contributed by atoms with Gasteiger partial charge in [-0.25, -0.2) is 0 Å². The highest BCUT2D eigenvalue weighted by Gasteiger charge is 2.20. The van der Waals surface area contributed by atoms with Crippen molar-refractivity contribution in [1.82, 2.24) is 0 Å². The Morgan fingerprint density at radius 3 is 0.610 bits per heavy atom. The Labute approximate surface area is 513 Å². The quantitative estimate of drug-likeness (QED) is 0.0261. The molecule has 6 nitrogen and oxygen atoms in total. The highest BCUT2D eigenvalue weighted by atomic mass is 16.6. The lowest BCUT2D eigenvalue weighted by atomic mass is 10.0. The van der Waals surface area contributed by atoms with Crippen LogP contribution in [-0.2, 0) is 28.6 Å². The molecule has 0 amide bonds. The molecule has 0 fully saturated rings. The first-order valence-corrected chi connectivity index (χ1v) is 37.7. The fourth-order valence-electron chi connectivity index (χ4n) is 11.9. The Kier molecular flexibility index (Phi) is 70.0. The van der Waals surface area contributed by atoms with Crippen LogP contribution in [0.2, 0.25) is 0 Å². The van der Waals surface area contributed by atoms with Gasteiger partial charge in [-0.3, -0.25) is 14.4 Å². The van der Waals surface area contributed by atoms with Gasteiger partial charge >= 0.3 is 17.9 Å². The molecule has 0 radical (unpaired) electrons. The summed E-state index contributed by atoms with van der Waals surface area (Å²) in [6.07, 6.45) is 87.0. The highest BCUT2D eigenvalue weighted by Crippen LogP contribution is 2.20. The predicted molar refractivity (Wildman–Crippen MR) is 358 cm³/mol. The summed E-state index contributed by atoms with van der Waals surface area (Å²) in [5.74, 6) is -0.838. The van der Waals surface area contributed by atoms with Crippen molar-refractivity contribution in [3.8, 4) is 0 Å². The summed E-state index contributed by atoms with van der Waals surface area (Å²) in [5.41, 5.74) is 0. The van der Waals surface area contributed by atoms with Crippen LogP contribution in [0.15, 0.2) is 12.2 Å². The van der Waals surface area contributed by atoms with Gasteiger partial charge in [0.2, 0.25) is 0 Å². The first kappa shape index (κ1) is 80.2. The number of allylic oxidation sites excluding steroid dienone is 2. The van der Waals surface area contributed by atoms with Crippen molar-refractivity contribution >= 4 is 17.9 Å². The predicted octanol–water partition coefficient (Wildman–Crippen LogP) is 26.0. The van der Waals surface area contributed by atoms with E-state index in [9.17, 15) is 14.4 Å². The van der Waals surface area contributed by atoms with Crippen molar-refractivity contribution in [1.29, 1.82) is 0 Å². The van der Waals surface area contributed by atoms with Gasteiger partial charge in [0.25, 0.3) is 0 Å². The van der Waals surface area contributed by atoms with Crippen molar-refractivity contribution in [2.45, 2.75) is 444 Å². The van der Waals surface area contributed by atoms with Crippen molar-refractivity contribution < 1.29 is 28.6 Å². The fourth-order valence-corrected chi connectivity index (χ4v) is 11.9. The van der Waals surface area contributed by atoms with Gasteiger partial charge in [-0.05, 0) is 44.9 Å². The third-order valence-corrected chi connectivity index (χ3v) is 17.5. The van der Waals surface area contributed by atoms with Crippen LogP contribution in [0.4, 0.5) is 0 Å². The van der Waals surface area contributed by atoms with E-state index in [-0.39, 0.29) is 31.1 Å². The van der Waals surface area contributed by atoms with Crippen LogP contribution in [-0.4, -0.2) is 37.2 Å². The lowest BCUT2D eigenvalue weighted by Crippen LogP contribution is -2.30. The van der Waals surface area contributed by atoms with Gasteiger partial charge in [-0.15, -0.1) is 0 Å². The minimum absolute atomic E-state index is 0.0656. The van der Waals surface area contributed by atoms with E-state index in [1.807, 2.05) is 0 Å². The first-order chi connectivity index (χ1) is 40.5. The third-order valence-electron chi connectivity index (χ3n) is 17.5. The number of ether oxygens (including phenoxy) is 3. The van der Waals surface area contributed by atoms with Crippen LogP contribution in [0, 0.1) is 0 Å². The molecule has 0 spiro atoms. The molecule has 1 unspecified atom stereocenters. The van der Waals surface area contributed by atoms with Crippen LogP contribution in [0.1, 0.15) is 438 Å². The summed E-state index contributed by atoms with van der Waals surface area (Å²) >= 11 is 0. The molecule has 6 heteroatoms. The number of hydrogen-bond donors (Lipinski definition) is 0. The largest absolute Gasteiger partial charge is 0.462 e. The van der Waals surface area contributed by atoms with Gasteiger partial charge in [0, 0.05) is 19.3 Å². The maximum Gasteiger partial charge on any atom is 0.306 e. The maximum absolute atomic E-state index is 12.9. The van der Waals surface area contributed by atoms with E-state index in [1.54, 1.807) is 0 Å². The van der Waals surface area contributed by atoms with Crippen LogP contribution in [0.3, 0.4) is 0 Å². The molecule has 0 aromatic rings. The van der Waals surface area contributed by atoms with Crippen LogP contribution < -0.4 is 0 Å². The lowest BCUT2D eigenvalue weighted by Gasteiger charge is -2.18. The zero-order valence-corrected chi connectivity index (χ0v) is 56.1. The van der Waals surface area contributed by atoms with Gasteiger partial charge in [0.05, 0.1) is 0 Å². The molecule has 0 aromatic carbocycles. The normalized spacial score (nSPS) is 12.0. The van der Waals surface area contributed by atoms with Crippen molar-refractivity contribution in [2.24, 2.45) is 0 Å². The second-order valence-corrected chi connectivity index (χ2v) is 25.9. The van der Waals surface area contributed by atoms with Gasteiger partial charge < -0.3 is 14.2 Å². The van der Waals surface area contributed by atoms with E-state index < -0.39 is 6.10 Å². The average Bonchev–Trinajstić information content (AvgIpc) is 3.48. The van der Waals surface area contributed by atoms with Crippen LogP contribution in [0.5, 0.6) is 0 Å². The molecule has 0 aliphatic heterocycles. The Morgan fingerprint density at radius 2 is 0.402 bits per heavy atom. The summed E-state index contributed by atoms with van der Waals surface area (Å²) in [4.78, 5) is 38.4. The van der Waals surface area contributed by atoms with E-state index >= 15 is 0 Å². The van der Waals surface area contributed by atoms with Gasteiger partial charge in [0.1, 0.15) is 13.2 Å². The minimum Gasteiger partial charge on any atom is -0.462 e. The smallest absolute Gasteiger partial charge is 0.306 e. The second kappa shape index (κ2) is 71.6. The minimum atomic E-state index is -0.770. The second-order valence-electron chi connectivity index (χ2n) is 25.9. The average molecular weight is 1160 g/mol. The summed E-state index contributed by atoms with van der Waals surface area (Å²) < 4.78 is 17.0. The van der Waals surface area contributed by atoms with Gasteiger partial charge in [-0.1, -0.05) is 386 Å². The van der Waals surface area contributed by atoms with E-state index in [2.05, 4.69) is 32.9 Å². The van der Waals surface area contributed by atoms with Gasteiger partial charge in [-0.2, -0.15) is 0 Å². The van der Waals surface area contributed by atoms with E-state index in [4.69, 9.17) is 14.2 Å². The zero-order valence-electron chi connectivity index (χ0n) is 56.1. The summed E-state index contributed by atoms with van der Waals surface area (Å²) in [7, 11) is 0. The molecule has 0 rings (SSSR count). The molecule has 0 bridgehead atoms. The van der Waals surface area contributed by atoms with Crippen LogP contribution in [0.25, 0.3) is 0 Å². The highest BCUT2D eigenvalue weighted by molar-refractivity contribution is 5.71. The molecule has 1 atom stereocenters. The Bertz CT molecular complexity index is 1280. The van der Waals surface area contributed by atoms with Crippen LogP contribution >= 0.6 is 0 Å². The summed E-state index contributed by atoms with van der Waals surface area (Å²) in [6, 6.07) is 0. The number of hydrogen-bond acceptors (Lipinski definition) is 6. The number of unbranched alkanes of at least 4 members (excludes halogenated alkanes) is 58. The molecule has 0 aliphatic rings. The van der Waals surface area contributed by atoms with Crippen molar-refractivity contribution in [3.63, 3.8) is 0 Å².